The van der Waals surface area contributed by atoms with Crippen molar-refractivity contribution in [1.82, 2.24) is 10.2 Å². The van der Waals surface area contributed by atoms with E-state index in [2.05, 4.69) is 26.1 Å². The Morgan fingerprint density at radius 2 is 1.61 bits per heavy atom. The molecule has 2 aliphatic heterocycles. The van der Waals surface area contributed by atoms with Crippen LogP contribution in [-0.2, 0) is 23.8 Å². The third kappa shape index (κ3) is 15.1. The predicted molar refractivity (Wildman–Crippen MR) is 158 cm³/mol. The van der Waals surface area contributed by atoms with E-state index < -0.39 is 37.1 Å². The molecule has 0 bridgehead atoms. The molecule has 2 amide bonds. The Bertz CT molecular complexity index is 692. The highest BCUT2D eigenvalue weighted by Gasteiger charge is 2.42. The van der Waals surface area contributed by atoms with Crippen LogP contribution in [0.15, 0.2) is 0 Å². The minimum atomic E-state index is -1.13. The van der Waals surface area contributed by atoms with Crippen LogP contribution >= 0.6 is 0 Å². The van der Waals surface area contributed by atoms with Crippen molar-refractivity contribution < 1.29 is 44.2 Å². The van der Waals surface area contributed by atoms with Gasteiger partial charge in [0.25, 0.3) is 0 Å². The summed E-state index contributed by atoms with van der Waals surface area (Å²) >= 11 is 0. The number of likely N-dealkylation sites (tertiary alicyclic amines) is 1. The van der Waals surface area contributed by atoms with Crippen molar-refractivity contribution in [3.05, 3.63) is 0 Å². The number of nitrogens with zero attached hydrogens (tertiary/aromatic N) is 1. The maximum Gasteiger partial charge on any atom is 0.222 e. The van der Waals surface area contributed by atoms with Gasteiger partial charge < -0.3 is 44.9 Å². The number of nitrogens with one attached hydrogen (secondary N) is 1. The Hall–Kier alpha value is -1.34. The first-order valence-electron chi connectivity index (χ1n) is 15.0. The first kappa shape index (κ1) is 39.7. The number of amides is 2. The molecule has 41 heavy (non-hydrogen) atoms. The second-order valence-electron chi connectivity index (χ2n) is 11.6. The van der Waals surface area contributed by atoms with Gasteiger partial charge in [0, 0.05) is 45.6 Å². The van der Waals surface area contributed by atoms with Gasteiger partial charge in [-0.05, 0) is 38.0 Å². The molecule has 0 aliphatic carbocycles. The second-order valence-corrected chi connectivity index (χ2v) is 11.6. The Balaban J connectivity index is 0.00000299. The molecule has 11 heteroatoms. The lowest BCUT2D eigenvalue weighted by Gasteiger charge is -2.40. The number of hydrogen-bond acceptors (Lipinski definition) is 9. The second kappa shape index (κ2) is 22.2. The van der Waals surface area contributed by atoms with Crippen LogP contribution < -0.4 is 5.32 Å². The van der Waals surface area contributed by atoms with Gasteiger partial charge in [-0.25, -0.2) is 0 Å². The van der Waals surface area contributed by atoms with E-state index >= 15 is 0 Å². The Morgan fingerprint density at radius 1 is 0.976 bits per heavy atom. The fourth-order valence-electron chi connectivity index (χ4n) is 4.74. The van der Waals surface area contributed by atoms with E-state index in [1.165, 1.54) is 0 Å². The highest BCUT2D eigenvalue weighted by atomic mass is 16.7. The number of unbranched alkanes of at least 4 members (excludes halogenated alkanes) is 4. The summed E-state index contributed by atoms with van der Waals surface area (Å²) in [5, 5.41) is 41.6. The lowest BCUT2D eigenvalue weighted by atomic mass is 9.92. The van der Waals surface area contributed by atoms with E-state index in [1.807, 2.05) is 0 Å². The zero-order valence-electron chi connectivity index (χ0n) is 25.3. The predicted octanol–water partition coefficient (Wildman–Crippen LogP) is 2.22. The first-order valence-corrected chi connectivity index (χ1v) is 15.0. The highest BCUT2D eigenvalue weighted by Crippen LogP contribution is 2.27. The molecule has 0 aromatic rings. The van der Waals surface area contributed by atoms with Gasteiger partial charge in [0.2, 0.25) is 11.8 Å². The summed E-state index contributed by atoms with van der Waals surface area (Å²) in [6, 6.07) is -0.155. The summed E-state index contributed by atoms with van der Waals surface area (Å²) in [6.07, 6.45) is 2.51. The summed E-state index contributed by atoms with van der Waals surface area (Å²) < 4.78 is 16.5. The van der Waals surface area contributed by atoms with Gasteiger partial charge in [-0.1, -0.05) is 48.0 Å². The van der Waals surface area contributed by atoms with E-state index in [1.54, 1.807) is 18.9 Å². The summed E-state index contributed by atoms with van der Waals surface area (Å²) in [7, 11) is 1.62. The molecule has 244 valence electrons. The first-order chi connectivity index (χ1) is 19.0. The average Bonchev–Trinajstić information content (AvgIpc) is 3.35. The van der Waals surface area contributed by atoms with Crippen molar-refractivity contribution in [2.24, 2.45) is 11.8 Å². The van der Waals surface area contributed by atoms with E-state index in [-0.39, 0.29) is 38.0 Å². The van der Waals surface area contributed by atoms with Crippen LogP contribution in [0.4, 0.5) is 0 Å². The van der Waals surface area contributed by atoms with Crippen molar-refractivity contribution in [3.63, 3.8) is 0 Å². The zero-order valence-corrected chi connectivity index (χ0v) is 25.3. The quantitative estimate of drug-likeness (QED) is 0.170. The number of rotatable bonds is 16. The molecule has 2 saturated heterocycles. The molecular weight excluding hydrogens is 532 g/mol. The van der Waals surface area contributed by atoms with Gasteiger partial charge in [-0.2, -0.15) is 0 Å². The minimum absolute atomic E-state index is 0. The van der Waals surface area contributed by atoms with Crippen LogP contribution in [0, 0.1) is 11.8 Å². The van der Waals surface area contributed by atoms with Crippen LogP contribution in [-0.4, -0.2) is 114 Å². The standard InChI is InChI=1S/C25H46N2O9.C4H10.CH4/c1-17-23(32)24(33)20(16-29)36-25(17)35-12-8-4-5-9-21(30)26-11-7-3-6-10-22(31)27-14-19(34-2)13-18(27)15-28;1-4(2)3;/h17-20,23-25,28-29,32-33H,3-16H2,1-2H3,(H,26,30);4H,1-3H3;1H4/t17?,18-,19+,20?,23+,24-,25+;;/m0../s1. The smallest absolute Gasteiger partial charge is 0.222 e. The van der Waals surface area contributed by atoms with E-state index in [9.17, 15) is 30.0 Å². The molecule has 0 saturated carbocycles. The molecule has 2 rings (SSSR count). The molecule has 0 aromatic carbocycles. The molecule has 2 unspecified atom stereocenters. The van der Waals surface area contributed by atoms with Crippen LogP contribution in [0.5, 0.6) is 0 Å². The van der Waals surface area contributed by atoms with Gasteiger partial charge in [0.1, 0.15) is 12.2 Å². The zero-order chi connectivity index (χ0) is 30.1. The van der Waals surface area contributed by atoms with Gasteiger partial charge >= 0.3 is 0 Å². The van der Waals surface area contributed by atoms with E-state index in [0.717, 1.165) is 44.4 Å². The number of aliphatic hydroxyl groups excluding tert-OH is 4. The van der Waals surface area contributed by atoms with Crippen molar-refractivity contribution in [3.8, 4) is 0 Å². The van der Waals surface area contributed by atoms with Gasteiger partial charge in [0.15, 0.2) is 6.29 Å². The SMILES string of the molecule is C.CC(C)C.CO[C@@H]1C[C@@H](CO)N(C(=O)CCCCCNC(=O)CCCCCO[C@@H]2OC(CO)[C@H](O)[C@H](O)C2C)C1. The number of methoxy groups -OCH3 is 1. The van der Waals surface area contributed by atoms with Crippen LogP contribution in [0.25, 0.3) is 0 Å². The fraction of sp³-hybridized carbons (Fsp3) is 0.933. The maximum absolute atomic E-state index is 12.4. The molecule has 0 radical (unpaired) electrons. The molecule has 0 spiro atoms. The van der Waals surface area contributed by atoms with Crippen molar-refractivity contribution in [2.45, 2.75) is 130 Å². The van der Waals surface area contributed by atoms with Gasteiger partial charge in [-0.15, -0.1) is 0 Å². The van der Waals surface area contributed by atoms with Crippen molar-refractivity contribution in [1.29, 1.82) is 0 Å². The fourth-order valence-corrected chi connectivity index (χ4v) is 4.74. The van der Waals surface area contributed by atoms with Crippen molar-refractivity contribution >= 4 is 11.8 Å². The van der Waals surface area contributed by atoms with E-state index in [0.29, 0.717) is 39.0 Å². The lowest BCUT2D eigenvalue weighted by Crippen LogP contribution is -2.55. The third-order valence-electron chi connectivity index (χ3n) is 7.15. The van der Waals surface area contributed by atoms with Gasteiger partial charge in [-0.3, -0.25) is 9.59 Å². The molecule has 2 aliphatic rings. The summed E-state index contributed by atoms with van der Waals surface area (Å²) in [5.41, 5.74) is 0. The number of ether oxygens (including phenoxy) is 3. The minimum Gasteiger partial charge on any atom is -0.394 e. The Kier molecular flexibility index (Phi) is 21.5. The summed E-state index contributed by atoms with van der Waals surface area (Å²) in [4.78, 5) is 26.2. The lowest BCUT2D eigenvalue weighted by molar-refractivity contribution is -0.282. The molecule has 0 aromatic heterocycles. The maximum atomic E-state index is 12.4. The molecule has 2 heterocycles. The number of carbonyl (C=O) groups is 2. The Labute approximate surface area is 247 Å². The topological polar surface area (TPSA) is 158 Å². The average molecular weight is 593 g/mol. The molecule has 11 nitrogen and oxygen atoms in total. The number of carbonyl (C=O) groups excluding carboxylic acids is 2. The number of hydrogen-bond donors (Lipinski definition) is 5. The molecular formula is C30H60N2O9. The summed E-state index contributed by atoms with van der Waals surface area (Å²) in [6.45, 7) is 9.32. The highest BCUT2D eigenvalue weighted by molar-refractivity contribution is 5.77. The van der Waals surface area contributed by atoms with Crippen LogP contribution in [0.2, 0.25) is 0 Å². The normalized spacial score (nSPS) is 27.7. The van der Waals surface area contributed by atoms with Crippen LogP contribution in [0.1, 0.15) is 92.9 Å². The van der Waals surface area contributed by atoms with E-state index in [4.69, 9.17) is 14.2 Å². The number of aliphatic hydroxyl groups is 4. The van der Waals surface area contributed by atoms with Gasteiger partial charge in [0.05, 0.1) is 31.5 Å². The monoisotopic (exact) mass is 592 g/mol. The largest absolute Gasteiger partial charge is 0.394 e. The molecule has 7 atom stereocenters. The molecule has 5 N–H and O–H groups in total. The Morgan fingerprint density at radius 3 is 2.22 bits per heavy atom. The third-order valence-corrected chi connectivity index (χ3v) is 7.15. The van der Waals surface area contributed by atoms with Crippen LogP contribution in [0.3, 0.4) is 0 Å². The summed E-state index contributed by atoms with van der Waals surface area (Å²) in [5.74, 6) is 0.480. The van der Waals surface area contributed by atoms with Crippen molar-refractivity contribution in [2.75, 3.05) is 40.0 Å². The molecule has 2 fully saturated rings.